The Labute approximate surface area is 99.7 Å². The van der Waals surface area contributed by atoms with Gasteiger partial charge in [-0.25, -0.2) is 0 Å². The first-order valence-electron chi connectivity index (χ1n) is 5.73. The van der Waals surface area contributed by atoms with Gasteiger partial charge in [0.2, 0.25) is 0 Å². The van der Waals surface area contributed by atoms with Crippen LogP contribution in [0.5, 0.6) is 0 Å². The first-order chi connectivity index (χ1) is 7.27. The topological polar surface area (TPSA) is 9.23 Å². The standard InChI is InChI=1S/C11H21BrF2O/c12-9-7-5-3-1-2-4-6-8-10-15-11(13)14/h11H,1-10H2. The van der Waals surface area contributed by atoms with Gasteiger partial charge >= 0.3 is 6.61 Å². The molecular weight excluding hydrogens is 266 g/mol. The van der Waals surface area contributed by atoms with Gasteiger partial charge in [0.15, 0.2) is 0 Å². The summed E-state index contributed by atoms with van der Waals surface area (Å²) in [6.07, 6.45) is 9.22. The van der Waals surface area contributed by atoms with Crippen LogP contribution in [0.15, 0.2) is 0 Å². The van der Waals surface area contributed by atoms with Gasteiger partial charge < -0.3 is 4.74 Å². The van der Waals surface area contributed by atoms with E-state index in [1.165, 1.54) is 32.1 Å². The molecule has 1 nitrogen and oxygen atoms in total. The average Bonchev–Trinajstić information content (AvgIpc) is 2.20. The summed E-state index contributed by atoms with van der Waals surface area (Å²) in [5.74, 6) is 0. The van der Waals surface area contributed by atoms with Crippen molar-refractivity contribution in [1.29, 1.82) is 0 Å². The molecule has 0 radical (unpaired) electrons. The quantitative estimate of drug-likeness (QED) is 0.394. The minimum atomic E-state index is -2.60. The van der Waals surface area contributed by atoms with Gasteiger partial charge in [-0.2, -0.15) is 8.78 Å². The van der Waals surface area contributed by atoms with Crippen LogP contribution >= 0.6 is 15.9 Å². The van der Waals surface area contributed by atoms with Crippen molar-refractivity contribution in [3.63, 3.8) is 0 Å². The van der Waals surface area contributed by atoms with Crippen LogP contribution < -0.4 is 0 Å². The summed E-state index contributed by atoms with van der Waals surface area (Å²) in [5.41, 5.74) is 0. The zero-order valence-corrected chi connectivity index (χ0v) is 10.8. The maximum atomic E-state index is 11.6. The molecule has 0 saturated heterocycles. The van der Waals surface area contributed by atoms with E-state index in [2.05, 4.69) is 20.7 Å². The third-order valence-corrected chi connectivity index (χ3v) is 2.83. The lowest BCUT2D eigenvalue weighted by Gasteiger charge is -2.02. The highest BCUT2D eigenvalue weighted by molar-refractivity contribution is 9.09. The molecule has 0 aromatic heterocycles. The van der Waals surface area contributed by atoms with Crippen LogP contribution in [0.3, 0.4) is 0 Å². The van der Waals surface area contributed by atoms with E-state index < -0.39 is 6.61 Å². The van der Waals surface area contributed by atoms with Gasteiger partial charge in [-0.1, -0.05) is 54.5 Å². The Morgan fingerprint density at radius 1 is 0.800 bits per heavy atom. The molecule has 0 aromatic rings. The average molecular weight is 287 g/mol. The van der Waals surface area contributed by atoms with Gasteiger partial charge in [-0.3, -0.25) is 0 Å². The van der Waals surface area contributed by atoms with Gasteiger partial charge in [0, 0.05) is 5.33 Å². The molecule has 0 spiro atoms. The monoisotopic (exact) mass is 286 g/mol. The fourth-order valence-electron chi connectivity index (χ4n) is 1.43. The number of hydrogen-bond acceptors (Lipinski definition) is 1. The Bertz CT molecular complexity index is 123. The Morgan fingerprint density at radius 2 is 1.27 bits per heavy atom. The predicted octanol–water partition coefficient (Wildman–Crippen LogP) is 4.74. The second kappa shape index (κ2) is 12.4. The number of halogens is 3. The molecule has 0 aliphatic rings. The molecule has 92 valence electrons. The second-order valence-corrected chi connectivity index (χ2v) is 4.44. The van der Waals surface area contributed by atoms with Crippen molar-refractivity contribution < 1.29 is 13.5 Å². The maximum Gasteiger partial charge on any atom is 0.345 e. The van der Waals surface area contributed by atoms with E-state index in [0.717, 1.165) is 24.6 Å². The minimum absolute atomic E-state index is 0.196. The van der Waals surface area contributed by atoms with Gasteiger partial charge in [-0.05, 0) is 12.8 Å². The molecule has 0 heterocycles. The second-order valence-electron chi connectivity index (χ2n) is 3.65. The van der Waals surface area contributed by atoms with Crippen LogP contribution in [0.25, 0.3) is 0 Å². The van der Waals surface area contributed by atoms with E-state index in [0.29, 0.717) is 0 Å². The van der Waals surface area contributed by atoms with Crippen LogP contribution in [-0.4, -0.2) is 18.5 Å². The Kier molecular flexibility index (Phi) is 12.6. The van der Waals surface area contributed by atoms with Crippen molar-refractivity contribution in [2.45, 2.75) is 58.0 Å². The van der Waals surface area contributed by atoms with Crippen LogP contribution in [0.4, 0.5) is 8.78 Å². The highest BCUT2D eigenvalue weighted by Crippen LogP contribution is 2.09. The highest BCUT2D eigenvalue weighted by Gasteiger charge is 1.99. The van der Waals surface area contributed by atoms with Crippen molar-refractivity contribution in [2.75, 3.05) is 11.9 Å². The van der Waals surface area contributed by atoms with E-state index in [-0.39, 0.29) is 6.61 Å². The van der Waals surface area contributed by atoms with Gasteiger partial charge in [0.1, 0.15) is 0 Å². The minimum Gasteiger partial charge on any atom is -0.323 e. The molecule has 0 aliphatic carbocycles. The van der Waals surface area contributed by atoms with E-state index in [1.54, 1.807) is 0 Å². The maximum absolute atomic E-state index is 11.6. The predicted molar refractivity (Wildman–Crippen MR) is 62.7 cm³/mol. The van der Waals surface area contributed by atoms with Crippen molar-refractivity contribution >= 4 is 15.9 Å². The lowest BCUT2D eigenvalue weighted by atomic mass is 10.1. The first-order valence-corrected chi connectivity index (χ1v) is 6.85. The molecule has 15 heavy (non-hydrogen) atoms. The number of ether oxygens (including phenoxy) is 1. The molecule has 0 aliphatic heterocycles. The molecule has 0 rings (SSSR count). The third kappa shape index (κ3) is 14.3. The summed E-state index contributed by atoms with van der Waals surface area (Å²) in [7, 11) is 0. The fraction of sp³-hybridized carbons (Fsp3) is 1.00. The molecule has 0 saturated carbocycles. The van der Waals surface area contributed by atoms with Gasteiger partial charge in [0.05, 0.1) is 6.61 Å². The summed E-state index contributed by atoms with van der Waals surface area (Å²) in [6, 6.07) is 0. The van der Waals surface area contributed by atoms with Crippen LogP contribution in [0, 0.1) is 0 Å². The summed E-state index contributed by atoms with van der Waals surface area (Å²) < 4.78 is 27.3. The SMILES string of the molecule is FC(F)OCCCCCCCCCCBr. The number of alkyl halides is 3. The number of unbranched alkanes of at least 4 members (excludes halogenated alkanes) is 7. The van der Waals surface area contributed by atoms with Crippen LogP contribution in [0.2, 0.25) is 0 Å². The Hall–Kier alpha value is 0.300. The zero-order chi connectivity index (χ0) is 11.4. The summed E-state index contributed by atoms with van der Waals surface area (Å²) in [4.78, 5) is 0. The fourth-order valence-corrected chi connectivity index (χ4v) is 1.83. The number of hydrogen-bond donors (Lipinski definition) is 0. The van der Waals surface area contributed by atoms with E-state index in [1.807, 2.05) is 0 Å². The molecule has 0 N–H and O–H groups in total. The summed E-state index contributed by atoms with van der Waals surface area (Å²) >= 11 is 3.40. The molecule has 0 amide bonds. The van der Waals surface area contributed by atoms with E-state index >= 15 is 0 Å². The Morgan fingerprint density at radius 3 is 1.73 bits per heavy atom. The van der Waals surface area contributed by atoms with Gasteiger partial charge in [-0.15, -0.1) is 0 Å². The summed E-state index contributed by atoms with van der Waals surface area (Å²) in [5, 5.41) is 1.10. The van der Waals surface area contributed by atoms with E-state index in [4.69, 9.17) is 0 Å². The normalized spacial score (nSPS) is 11.2. The lowest BCUT2D eigenvalue weighted by Crippen LogP contribution is -2.00. The lowest BCUT2D eigenvalue weighted by molar-refractivity contribution is -0.129. The number of rotatable bonds is 11. The molecule has 0 bridgehead atoms. The largest absolute Gasteiger partial charge is 0.345 e. The smallest absolute Gasteiger partial charge is 0.323 e. The van der Waals surface area contributed by atoms with Crippen molar-refractivity contribution in [3.05, 3.63) is 0 Å². The van der Waals surface area contributed by atoms with Crippen molar-refractivity contribution in [2.24, 2.45) is 0 Å². The third-order valence-electron chi connectivity index (χ3n) is 2.27. The van der Waals surface area contributed by atoms with Crippen LogP contribution in [-0.2, 0) is 4.74 Å². The molecule has 0 unspecified atom stereocenters. The molecule has 0 fully saturated rings. The van der Waals surface area contributed by atoms with Gasteiger partial charge in [0.25, 0.3) is 0 Å². The summed E-state index contributed by atoms with van der Waals surface area (Å²) in [6.45, 7) is -2.41. The molecule has 0 atom stereocenters. The molecule has 0 aromatic carbocycles. The molecule has 4 heteroatoms. The highest BCUT2D eigenvalue weighted by atomic mass is 79.9. The Balaban J connectivity index is 2.87. The molecular formula is C11H21BrF2O. The van der Waals surface area contributed by atoms with E-state index in [9.17, 15) is 8.78 Å². The van der Waals surface area contributed by atoms with Crippen molar-refractivity contribution in [1.82, 2.24) is 0 Å². The first kappa shape index (κ1) is 15.3. The van der Waals surface area contributed by atoms with Crippen molar-refractivity contribution in [3.8, 4) is 0 Å². The van der Waals surface area contributed by atoms with Crippen LogP contribution in [0.1, 0.15) is 51.4 Å². The zero-order valence-electron chi connectivity index (χ0n) is 9.19.